The van der Waals surface area contributed by atoms with E-state index >= 15 is 0 Å². The van der Waals surface area contributed by atoms with Crippen molar-refractivity contribution in [2.24, 2.45) is 0 Å². The van der Waals surface area contributed by atoms with Gasteiger partial charge in [0.2, 0.25) is 41.4 Å². The first-order chi connectivity index (χ1) is 36.6. The van der Waals surface area contributed by atoms with Gasteiger partial charge in [0.25, 0.3) is 10.1 Å². The number of hydrogen-bond acceptors (Lipinski definition) is 9. The highest BCUT2D eigenvalue weighted by Gasteiger charge is 2.34. The van der Waals surface area contributed by atoms with Crippen molar-refractivity contribution in [3.8, 4) is 11.1 Å². The van der Waals surface area contributed by atoms with E-state index in [0.717, 1.165) is 22.3 Å². The Hall–Kier alpha value is -8.48. The number of anilines is 1. The molecule has 6 aromatic rings. The summed E-state index contributed by atoms with van der Waals surface area (Å²) in [6, 6.07) is 44.2. The molecule has 6 aromatic carbocycles. The van der Waals surface area contributed by atoms with Crippen LogP contribution in [0.25, 0.3) is 11.1 Å². The van der Waals surface area contributed by atoms with Crippen LogP contribution in [0.15, 0.2) is 170 Å². The van der Waals surface area contributed by atoms with Gasteiger partial charge in [-0.2, -0.15) is 8.42 Å². The molecule has 0 aliphatic carbocycles. The number of carbonyl (C=O) groups excluding carboxylic acids is 7. The van der Waals surface area contributed by atoms with Crippen LogP contribution < -0.4 is 37.2 Å². The predicted molar refractivity (Wildman–Crippen MR) is 287 cm³/mol. The summed E-state index contributed by atoms with van der Waals surface area (Å²) in [5, 5.41) is 18.9. The topological polar surface area (TPSA) is 258 Å². The van der Waals surface area contributed by atoms with E-state index in [1.54, 1.807) is 66.7 Å². The van der Waals surface area contributed by atoms with Gasteiger partial charge in [-0.1, -0.05) is 158 Å². The Morgan fingerprint density at radius 1 is 0.539 bits per heavy atom. The molecule has 0 aromatic heterocycles. The van der Waals surface area contributed by atoms with Crippen LogP contribution in [0.4, 0.5) is 5.69 Å². The van der Waals surface area contributed by atoms with Gasteiger partial charge in [0.1, 0.15) is 36.1 Å². The number of fused-ring (bicyclic) bond motifs is 18. The van der Waals surface area contributed by atoms with Crippen LogP contribution in [0.1, 0.15) is 53.5 Å². The Morgan fingerprint density at radius 2 is 1.03 bits per heavy atom. The molecule has 0 fully saturated rings. The maximum absolute atomic E-state index is 14.9. The minimum atomic E-state index is -4.65. The highest BCUT2D eigenvalue weighted by atomic mass is 32.2. The van der Waals surface area contributed by atoms with E-state index in [2.05, 4.69) is 37.2 Å². The van der Waals surface area contributed by atoms with E-state index in [1.165, 1.54) is 0 Å². The summed E-state index contributed by atoms with van der Waals surface area (Å²) >= 11 is 0. The summed E-state index contributed by atoms with van der Waals surface area (Å²) in [6.45, 7) is 0. The third kappa shape index (κ3) is 17.6. The largest absolute Gasteiger partial charge is 0.344 e. The van der Waals surface area contributed by atoms with E-state index < -0.39 is 87.6 Å². The van der Waals surface area contributed by atoms with Crippen LogP contribution in [-0.2, 0) is 75.8 Å². The van der Waals surface area contributed by atoms with E-state index in [0.29, 0.717) is 28.8 Å². The number of amides is 7. The molecule has 7 amide bonds. The van der Waals surface area contributed by atoms with Gasteiger partial charge in [0.15, 0.2) is 0 Å². The zero-order valence-corrected chi connectivity index (χ0v) is 42.5. The molecule has 2 aliphatic heterocycles. The van der Waals surface area contributed by atoms with Crippen molar-refractivity contribution in [1.82, 2.24) is 31.9 Å². The zero-order valence-electron chi connectivity index (χ0n) is 41.7. The van der Waals surface area contributed by atoms with Crippen LogP contribution in [0.5, 0.6) is 0 Å². The zero-order chi connectivity index (χ0) is 53.9. The number of aryl methyl sites for hydroxylation is 2. The summed E-state index contributed by atoms with van der Waals surface area (Å²) < 4.78 is 32.8. The summed E-state index contributed by atoms with van der Waals surface area (Å²) in [5.74, 6) is -6.14. The first-order valence-corrected chi connectivity index (χ1v) is 26.6. The van der Waals surface area contributed by atoms with Crippen molar-refractivity contribution in [3.63, 3.8) is 0 Å². The molecule has 0 spiro atoms. The molecular formula is C58H61N7O10S. The fourth-order valence-electron chi connectivity index (χ4n) is 8.68. The number of rotatable bonds is 16. The number of hydrogen-bond donors (Lipinski definition) is 8. The van der Waals surface area contributed by atoms with Crippen molar-refractivity contribution in [3.05, 3.63) is 198 Å². The minimum Gasteiger partial charge on any atom is -0.344 e. The van der Waals surface area contributed by atoms with Crippen molar-refractivity contribution >= 4 is 57.2 Å². The van der Waals surface area contributed by atoms with E-state index in [-0.39, 0.29) is 51.4 Å². The summed E-state index contributed by atoms with van der Waals surface area (Å²) in [7, 11) is -4.65. The lowest BCUT2D eigenvalue weighted by Crippen LogP contribution is -2.60. The second-order valence-corrected chi connectivity index (χ2v) is 20.0. The molecule has 0 radical (unpaired) electrons. The van der Waals surface area contributed by atoms with Gasteiger partial charge in [-0.05, 0) is 76.8 Å². The molecule has 8 N–H and O–H groups in total. The first kappa shape index (κ1) is 55.3. The Morgan fingerprint density at radius 3 is 1.61 bits per heavy atom. The van der Waals surface area contributed by atoms with E-state index in [4.69, 9.17) is 0 Å². The smallest absolute Gasteiger partial charge is 0.283 e. The monoisotopic (exact) mass is 1050 g/mol. The number of carbonyl (C=O) groups is 7. The molecule has 17 nitrogen and oxygen atoms in total. The van der Waals surface area contributed by atoms with Crippen molar-refractivity contribution < 1.29 is 46.5 Å². The Labute approximate surface area is 441 Å². The van der Waals surface area contributed by atoms with E-state index in [9.17, 15) is 46.5 Å². The van der Waals surface area contributed by atoms with Gasteiger partial charge in [0.05, 0.1) is 0 Å². The molecule has 0 unspecified atom stereocenters. The lowest BCUT2D eigenvalue weighted by atomic mass is 9.98. The average molecular weight is 1050 g/mol. The molecule has 76 heavy (non-hydrogen) atoms. The highest BCUT2D eigenvalue weighted by molar-refractivity contribution is 7.85. The molecule has 394 valence electrons. The van der Waals surface area contributed by atoms with Gasteiger partial charge in [-0.25, -0.2) is 0 Å². The van der Waals surface area contributed by atoms with Crippen LogP contribution in [0, 0.1) is 0 Å². The van der Waals surface area contributed by atoms with E-state index in [1.807, 2.05) is 103 Å². The molecule has 2 aliphatic rings. The SMILES string of the molecule is O=C1CCC(=O)N[C@H](CCc2ccccc2)C(=O)N[C@@H](Cc2ccc(-c3ccccc3)cc2)C(=O)N[C@H](Cc2ccccc2)C(=O)N[C@H](C(=O)N[C@@H](CCc2ccccc2)C(=O)NCS(=O)(=O)O)Cc2ccc(cc2)N1. The minimum absolute atomic E-state index is 0.00880. The van der Waals surface area contributed by atoms with Crippen molar-refractivity contribution in [2.45, 2.75) is 88.0 Å². The van der Waals surface area contributed by atoms with Crippen LogP contribution in [0.2, 0.25) is 0 Å². The normalized spacial score (nSPS) is 18.3. The van der Waals surface area contributed by atoms with Gasteiger partial charge in [0, 0.05) is 37.8 Å². The van der Waals surface area contributed by atoms with Crippen LogP contribution in [-0.4, -0.2) is 90.4 Å². The molecule has 2 bridgehead atoms. The Bertz CT molecular complexity index is 3040. The number of nitrogens with one attached hydrogen (secondary N) is 7. The molecule has 18 heteroatoms. The summed E-state index contributed by atoms with van der Waals surface area (Å²) in [5.41, 5.74) is 5.77. The molecule has 8 rings (SSSR count). The van der Waals surface area contributed by atoms with Gasteiger partial charge >= 0.3 is 0 Å². The maximum atomic E-state index is 14.9. The van der Waals surface area contributed by atoms with Crippen molar-refractivity contribution in [1.29, 1.82) is 0 Å². The summed E-state index contributed by atoms with van der Waals surface area (Å²) in [6.07, 6.45) is 0.00448. The fraction of sp³-hybridized carbons (Fsp3) is 0.259. The molecular weight excluding hydrogens is 987 g/mol. The second-order valence-electron chi connectivity index (χ2n) is 18.6. The standard InChI is InChI=1S/C58H61N7O10S/c66-52-33-34-53(67)61-48(32-26-40-15-7-2-8-16-40)55(69)63-51(36-42-21-27-45(28-22-42)44-19-11-4-12-20-44)58(72)64-49(35-41-17-9-3-10-18-41)57(71)65-50(37-43-23-29-46(60-52)30-24-43)56(70)62-47(54(68)59-38-76(73,74)75)31-25-39-13-5-1-6-14-39/h1-24,27-30,47-51H,25-26,31-38H2,(H,59,68)(H,60,66)(H,61,67)(H,62,70)(H,63,69)(H,64,72)(H,65,71)(H,73,74,75)/t47-,48+,49+,50-,51-/m0/s1. The highest BCUT2D eigenvalue weighted by Crippen LogP contribution is 2.21. The number of benzene rings is 6. The van der Waals surface area contributed by atoms with Crippen LogP contribution in [0.3, 0.4) is 0 Å². The molecule has 5 atom stereocenters. The molecule has 0 saturated heterocycles. The first-order valence-electron chi connectivity index (χ1n) is 25.0. The quantitative estimate of drug-likeness (QED) is 0.0487. The van der Waals surface area contributed by atoms with Crippen LogP contribution >= 0.6 is 0 Å². The Kier molecular flexibility index (Phi) is 19.8. The van der Waals surface area contributed by atoms with Crippen molar-refractivity contribution in [2.75, 3.05) is 11.2 Å². The lowest BCUT2D eigenvalue weighted by molar-refractivity contribution is -0.135. The van der Waals surface area contributed by atoms with Gasteiger partial charge < -0.3 is 37.2 Å². The predicted octanol–water partition coefficient (Wildman–Crippen LogP) is 4.76. The molecule has 2 heterocycles. The summed E-state index contributed by atoms with van der Waals surface area (Å²) in [4.78, 5) is 99.2. The van der Waals surface area contributed by atoms with Gasteiger partial charge in [-0.15, -0.1) is 0 Å². The third-order valence-corrected chi connectivity index (χ3v) is 13.3. The fourth-order valence-corrected chi connectivity index (χ4v) is 9.00. The van der Waals surface area contributed by atoms with Gasteiger partial charge in [-0.3, -0.25) is 38.1 Å². The average Bonchev–Trinajstić information content (AvgIpc) is 3.43. The second kappa shape index (κ2) is 27.2. The maximum Gasteiger partial charge on any atom is 0.283 e. The lowest BCUT2D eigenvalue weighted by Gasteiger charge is -2.28. The molecule has 0 saturated carbocycles. The third-order valence-electron chi connectivity index (χ3n) is 12.8. The Balaban J connectivity index is 1.23.